The Balaban J connectivity index is 3.45. The monoisotopic (exact) mass is 1070 g/mol. The van der Waals surface area contributed by atoms with Gasteiger partial charge in [0.25, 0.3) is 0 Å². The van der Waals surface area contributed by atoms with Crippen molar-refractivity contribution in [3.05, 3.63) is 48.6 Å². The van der Waals surface area contributed by atoms with Gasteiger partial charge in [0.15, 0.2) is 0 Å². The SMILES string of the molecule is CCCCCC/C=C\C/C=C\CCCCCCCCCC(=O)OCCCCCCCCCCC/C=C\C/C=C\CCCCCCCCCC(=O)NC(CO)C(O)CCCCCCCCCCCCCCCCCCCC. The molecule has 6 heteroatoms. The summed E-state index contributed by atoms with van der Waals surface area (Å²) < 4.78 is 5.49. The Kier molecular flexibility index (Phi) is 63.5. The fourth-order valence-corrected chi connectivity index (χ4v) is 10.4. The van der Waals surface area contributed by atoms with E-state index in [4.69, 9.17) is 4.74 Å². The predicted octanol–water partition coefficient (Wildman–Crippen LogP) is 21.7. The Bertz CT molecular complexity index is 1270. The first-order chi connectivity index (χ1) is 37.5. The van der Waals surface area contributed by atoms with Crippen molar-refractivity contribution in [2.75, 3.05) is 13.2 Å². The van der Waals surface area contributed by atoms with E-state index in [2.05, 4.69) is 67.8 Å². The minimum atomic E-state index is -0.672. The van der Waals surface area contributed by atoms with Crippen molar-refractivity contribution in [2.24, 2.45) is 0 Å². The zero-order valence-corrected chi connectivity index (χ0v) is 51.0. The smallest absolute Gasteiger partial charge is 0.305 e. The summed E-state index contributed by atoms with van der Waals surface area (Å²) in [6.07, 6.45) is 84.2. The second-order valence-corrected chi connectivity index (χ2v) is 23.1. The zero-order chi connectivity index (χ0) is 55.0. The first kappa shape index (κ1) is 73.8. The molecule has 0 aromatic heterocycles. The Morgan fingerprint density at radius 3 is 1.01 bits per heavy atom. The molecule has 0 bridgehead atoms. The molecule has 76 heavy (non-hydrogen) atoms. The molecular weight excluding hydrogens is 935 g/mol. The Morgan fingerprint density at radius 1 is 0.368 bits per heavy atom. The van der Waals surface area contributed by atoms with Gasteiger partial charge in [0, 0.05) is 12.8 Å². The Labute approximate surface area is 474 Å². The van der Waals surface area contributed by atoms with Crippen LogP contribution in [0.2, 0.25) is 0 Å². The molecule has 2 atom stereocenters. The van der Waals surface area contributed by atoms with Crippen LogP contribution >= 0.6 is 0 Å². The molecule has 0 spiro atoms. The summed E-state index contributed by atoms with van der Waals surface area (Å²) in [5, 5.41) is 23.4. The van der Waals surface area contributed by atoms with Gasteiger partial charge in [-0.15, -0.1) is 0 Å². The highest BCUT2D eigenvalue weighted by atomic mass is 16.5. The number of carbonyl (C=O) groups is 2. The zero-order valence-electron chi connectivity index (χ0n) is 51.0. The predicted molar refractivity (Wildman–Crippen MR) is 333 cm³/mol. The molecule has 0 heterocycles. The van der Waals surface area contributed by atoms with E-state index in [1.165, 1.54) is 263 Å². The number of amides is 1. The molecule has 0 aliphatic carbocycles. The van der Waals surface area contributed by atoms with Crippen molar-refractivity contribution < 1.29 is 24.5 Å². The van der Waals surface area contributed by atoms with Gasteiger partial charge < -0.3 is 20.3 Å². The van der Waals surface area contributed by atoms with Gasteiger partial charge >= 0.3 is 5.97 Å². The number of ether oxygens (including phenoxy) is 1. The molecule has 3 N–H and O–H groups in total. The van der Waals surface area contributed by atoms with Gasteiger partial charge in [-0.25, -0.2) is 0 Å². The molecule has 6 nitrogen and oxygen atoms in total. The highest BCUT2D eigenvalue weighted by Gasteiger charge is 2.20. The van der Waals surface area contributed by atoms with Crippen molar-refractivity contribution in [1.29, 1.82) is 0 Å². The largest absolute Gasteiger partial charge is 0.466 e. The molecule has 0 saturated heterocycles. The average molecular weight is 1070 g/mol. The average Bonchev–Trinajstić information content (AvgIpc) is 3.42. The molecule has 0 aliphatic rings. The molecule has 1 amide bonds. The molecular formula is C70H131NO5. The molecule has 2 unspecified atom stereocenters. The fourth-order valence-electron chi connectivity index (χ4n) is 10.4. The van der Waals surface area contributed by atoms with E-state index in [9.17, 15) is 19.8 Å². The standard InChI is InChI=1S/C70H131NO5/c1-3-5-7-9-11-13-15-17-19-21-30-34-38-42-46-50-54-58-62-68(73)67(66-72)71-69(74)63-59-55-51-47-43-39-35-31-28-26-24-23-25-27-29-33-37-41-45-49-53-57-61-65-76-70(75)64-60-56-52-48-44-40-36-32-22-20-18-16-14-12-10-8-6-4-2/h14,16,20,22-23,25-26,28,67-68,72-73H,3-13,15,17-19,21,24,27,29-66H2,1-2H3,(H,71,74)/b16-14-,22-20-,25-23-,28-26-. The number of allylic oxidation sites excluding steroid dienone is 8. The van der Waals surface area contributed by atoms with Crippen LogP contribution in [0.3, 0.4) is 0 Å². The first-order valence-electron chi connectivity index (χ1n) is 33.9. The third-order valence-corrected chi connectivity index (χ3v) is 15.6. The molecule has 0 fully saturated rings. The molecule has 446 valence electrons. The van der Waals surface area contributed by atoms with Crippen LogP contribution in [0.5, 0.6) is 0 Å². The maximum atomic E-state index is 12.5. The molecule has 0 aliphatic heterocycles. The van der Waals surface area contributed by atoms with Crippen molar-refractivity contribution in [3.63, 3.8) is 0 Å². The van der Waals surface area contributed by atoms with Gasteiger partial charge in [-0.1, -0.05) is 306 Å². The van der Waals surface area contributed by atoms with E-state index >= 15 is 0 Å². The molecule has 0 radical (unpaired) electrons. The minimum absolute atomic E-state index is 0.000100. The molecule has 0 aromatic rings. The number of nitrogens with one attached hydrogen (secondary N) is 1. The quantitative estimate of drug-likeness (QED) is 0.0320. The normalized spacial score (nSPS) is 12.8. The number of hydrogen-bond acceptors (Lipinski definition) is 5. The summed E-state index contributed by atoms with van der Waals surface area (Å²) in [6, 6.07) is -0.551. The third kappa shape index (κ3) is 61.0. The van der Waals surface area contributed by atoms with Crippen LogP contribution in [0.25, 0.3) is 0 Å². The maximum absolute atomic E-state index is 12.5. The van der Waals surface area contributed by atoms with Gasteiger partial charge in [0.2, 0.25) is 5.91 Å². The van der Waals surface area contributed by atoms with Crippen LogP contribution < -0.4 is 5.32 Å². The lowest BCUT2D eigenvalue weighted by molar-refractivity contribution is -0.143. The first-order valence-corrected chi connectivity index (χ1v) is 33.9. The van der Waals surface area contributed by atoms with E-state index in [1.807, 2.05) is 0 Å². The highest BCUT2D eigenvalue weighted by Crippen LogP contribution is 2.18. The van der Waals surface area contributed by atoms with Gasteiger partial charge in [-0.3, -0.25) is 9.59 Å². The maximum Gasteiger partial charge on any atom is 0.305 e. The topological polar surface area (TPSA) is 95.9 Å². The van der Waals surface area contributed by atoms with Crippen LogP contribution in [0.1, 0.15) is 361 Å². The Morgan fingerprint density at radius 2 is 0.658 bits per heavy atom. The summed E-state index contributed by atoms with van der Waals surface area (Å²) >= 11 is 0. The molecule has 0 aromatic carbocycles. The van der Waals surface area contributed by atoms with Crippen LogP contribution in [0.15, 0.2) is 48.6 Å². The number of aliphatic hydroxyl groups is 2. The van der Waals surface area contributed by atoms with Crippen LogP contribution in [0.4, 0.5) is 0 Å². The van der Waals surface area contributed by atoms with Gasteiger partial charge in [-0.2, -0.15) is 0 Å². The third-order valence-electron chi connectivity index (χ3n) is 15.6. The van der Waals surface area contributed by atoms with E-state index in [-0.39, 0.29) is 18.5 Å². The number of rotatable bonds is 63. The lowest BCUT2D eigenvalue weighted by Crippen LogP contribution is -2.45. The van der Waals surface area contributed by atoms with E-state index < -0.39 is 12.1 Å². The lowest BCUT2D eigenvalue weighted by atomic mass is 10.0. The van der Waals surface area contributed by atoms with Crippen LogP contribution in [0, 0.1) is 0 Å². The van der Waals surface area contributed by atoms with Crippen LogP contribution in [-0.2, 0) is 14.3 Å². The van der Waals surface area contributed by atoms with Gasteiger partial charge in [0.05, 0.1) is 25.4 Å². The van der Waals surface area contributed by atoms with Gasteiger partial charge in [0.1, 0.15) is 0 Å². The summed E-state index contributed by atoms with van der Waals surface area (Å²) in [7, 11) is 0. The van der Waals surface area contributed by atoms with Crippen molar-refractivity contribution in [2.45, 2.75) is 373 Å². The van der Waals surface area contributed by atoms with E-state index in [1.54, 1.807) is 0 Å². The van der Waals surface area contributed by atoms with E-state index in [0.29, 0.717) is 25.9 Å². The minimum Gasteiger partial charge on any atom is -0.466 e. The number of aliphatic hydroxyl groups excluding tert-OH is 2. The number of unbranched alkanes of at least 4 members (excludes halogenated alkanes) is 44. The Hall–Kier alpha value is -2.18. The van der Waals surface area contributed by atoms with Crippen LogP contribution in [-0.4, -0.2) is 47.4 Å². The fraction of sp³-hybridized carbons (Fsp3) is 0.857. The van der Waals surface area contributed by atoms with E-state index in [0.717, 1.165) is 64.2 Å². The number of esters is 1. The summed E-state index contributed by atoms with van der Waals surface area (Å²) in [4.78, 5) is 24.6. The summed E-state index contributed by atoms with van der Waals surface area (Å²) in [5.74, 6) is -0.0434. The number of hydrogen-bond donors (Lipinski definition) is 3. The molecule has 0 saturated carbocycles. The second kappa shape index (κ2) is 65.3. The highest BCUT2D eigenvalue weighted by molar-refractivity contribution is 5.76. The second-order valence-electron chi connectivity index (χ2n) is 23.1. The molecule has 0 rings (SSSR count). The van der Waals surface area contributed by atoms with Gasteiger partial charge in [-0.05, 0) is 89.9 Å². The summed E-state index contributed by atoms with van der Waals surface area (Å²) in [5.41, 5.74) is 0. The lowest BCUT2D eigenvalue weighted by Gasteiger charge is -2.22. The van der Waals surface area contributed by atoms with Crippen molar-refractivity contribution >= 4 is 11.9 Å². The number of carbonyl (C=O) groups excluding carboxylic acids is 2. The van der Waals surface area contributed by atoms with Crippen molar-refractivity contribution in [1.82, 2.24) is 5.32 Å². The van der Waals surface area contributed by atoms with Crippen molar-refractivity contribution in [3.8, 4) is 0 Å². The summed E-state index contributed by atoms with van der Waals surface area (Å²) in [6.45, 7) is 4.95.